The minimum absolute atomic E-state index is 0.0108. The summed E-state index contributed by atoms with van der Waals surface area (Å²) in [5.74, 6) is -3.95. The van der Waals surface area contributed by atoms with Crippen LogP contribution >= 0.6 is 0 Å². The first-order valence-corrected chi connectivity index (χ1v) is 16.8. The Bertz CT molecular complexity index is 1450. The second kappa shape index (κ2) is 13.6. The highest BCUT2D eigenvalue weighted by Gasteiger charge is 2.60. The summed E-state index contributed by atoms with van der Waals surface area (Å²) in [6, 6.07) is 2.78. The van der Waals surface area contributed by atoms with E-state index in [0.717, 1.165) is 31.0 Å². The molecule has 4 aliphatic heterocycles. The first-order valence-electron chi connectivity index (χ1n) is 16.8. The normalized spacial score (nSPS) is 42.3. The van der Waals surface area contributed by atoms with Crippen LogP contribution in [0.25, 0.3) is 0 Å². The van der Waals surface area contributed by atoms with Crippen molar-refractivity contribution in [1.82, 2.24) is 0 Å². The molecule has 0 aromatic heterocycles. The summed E-state index contributed by atoms with van der Waals surface area (Å²) < 4.78 is 58.6. The Hall–Kier alpha value is -2.89. The molecule has 8 nitrogen and oxygen atoms in total. The predicted molar refractivity (Wildman–Crippen MR) is 169 cm³/mol. The van der Waals surface area contributed by atoms with Gasteiger partial charge in [-0.1, -0.05) is 49.8 Å². The average molecular weight is 657 g/mol. The smallest absolute Gasteiger partial charge is 0.316 e. The molecule has 1 aromatic rings. The van der Waals surface area contributed by atoms with Crippen LogP contribution in [0.2, 0.25) is 0 Å². The number of carbonyl (C=O) groups excluding carboxylic acids is 1. The first-order chi connectivity index (χ1) is 22.3. The average Bonchev–Trinajstić information content (AvgIpc) is 3.33. The number of esters is 1. The van der Waals surface area contributed by atoms with Crippen molar-refractivity contribution in [2.24, 2.45) is 17.8 Å². The summed E-state index contributed by atoms with van der Waals surface area (Å²) >= 11 is 0. The van der Waals surface area contributed by atoms with Crippen LogP contribution in [0.4, 0.5) is 8.78 Å². The molecule has 10 heteroatoms. The second-order valence-corrected chi connectivity index (χ2v) is 14.1. The van der Waals surface area contributed by atoms with E-state index >= 15 is 0 Å². The zero-order valence-corrected chi connectivity index (χ0v) is 27.5. The van der Waals surface area contributed by atoms with Crippen LogP contribution in [-0.4, -0.2) is 71.3 Å². The summed E-state index contributed by atoms with van der Waals surface area (Å²) in [5, 5.41) is 23.7. The SMILES string of the molecule is C/C1=C\CC2CC(CC3(CC[C@H](C)[C@@H](C)O3)O2)OC(=O)C2C=C(COc3cc(F)cc(F)c3)[C@@H](O)C3OC/C(=C\C=C\[C@H](C)C1)[C@@]23O. The molecule has 10 atom stereocenters. The van der Waals surface area contributed by atoms with Gasteiger partial charge in [-0.15, -0.1) is 0 Å². The van der Waals surface area contributed by atoms with E-state index in [1.165, 1.54) is 11.6 Å². The quantitative estimate of drug-likeness (QED) is 0.308. The Morgan fingerprint density at radius 3 is 2.60 bits per heavy atom. The molecule has 3 fully saturated rings. The van der Waals surface area contributed by atoms with Gasteiger partial charge in [-0.05, 0) is 56.1 Å². The Morgan fingerprint density at radius 2 is 1.85 bits per heavy atom. The molecule has 0 radical (unpaired) electrons. The number of carbonyl (C=O) groups is 1. The van der Waals surface area contributed by atoms with Crippen molar-refractivity contribution in [2.45, 2.75) is 108 Å². The van der Waals surface area contributed by atoms with Gasteiger partial charge in [0.05, 0.1) is 18.8 Å². The maximum atomic E-state index is 14.2. The topological polar surface area (TPSA) is 104 Å². The van der Waals surface area contributed by atoms with E-state index in [9.17, 15) is 23.8 Å². The van der Waals surface area contributed by atoms with Gasteiger partial charge in [0.1, 0.15) is 53.8 Å². The lowest BCUT2D eigenvalue weighted by Crippen LogP contribution is -2.58. The maximum Gasteiger partial charge on any atom is 0.316 e. The van der Waals surface area contributed by atoms with Gasteiger partial charge in [0.15, 0.2) is 5.79 Å². The molecule has 1 aliphatic carbocycles. The van der Waals surface area contributed by atoms with E-state index in [1.807, 2.05) is 19.1 Å². The van der Waals surface area contributed by atoms with Gasteiger partial charge in [0, 0.05) is 37.5 Å². The minimum atomic E-state index is -1.90. The van der Waals surface area contributed by atoms with Crippen molar-refractivity contribution in [2.75, 3.05) is 13.2 Å². The predicted octanol–water partition coefficient (Wildman–Crippen LogP) is 5.87. The van der Waals surface area contributed by atoms with Crippen LogP contribution in [0.5, 0.6) is 5.75 Å². The van der Waals surface area contributed by atoms with Gasteiger partial charge in [-0.2, -0.15) is 0 Å². The molecule has 5 unspecified atom stereocenters. The lowest BCUT2D eigenvalue weighted by Gasteiger charge is -2.49. The lowest BCUT2D eigenvalue weighted by molar-refractivity contribution is -0.332. The van der Waals surface area contributed by atoms with Gasteiger partial charge in [-0.25, -0.2) is 8.78 Å². The fourth-order valence-electron chi connectivity index (χ4n) is 7.67. The van der Waals surface area contributed by atoms with Crippen molar-refractivity contribution in [1.29, 1.82) is 0 Å². The molecule has 2 bridgehead atoms. The van der Waals surface area contributed by atoms with Crippen molar-refractivity contribution in [3.63, 3.8) is 0 Å². The van der Waals surface area contributed by atoms with Crippen LogP contribution in [0.1, 0.15) is 66.2 Å². The van der Waals surface area contributed by atoms with Gasteiger partial charge >= 0.3 is 5.97 Å². The molecule has 256 valence electrons. The number of hydrogen-bond acceptors (Lipinski definition) is 8. The van der Waals surface area contributed by atoms with Crippen molar-refractivity contribution >= 4 is 5.97 Å². The highest BCUT2D eigenvalue weighted by Crippen LogP contribution is 2.47. The Labute approximate surface area is 275 Å². The minimum Gasteiger partial charge on any atom is -0.489 e. The number of ether oxygens (including phenoxy) is 5. The molecule has 6 rings (SSSR count). The highest BCUT2D eigenvalue weighted by molar-refractivity contribution is 5.78. The number of aliphatic hydroxyl groups excluding tert-OH is 1. The summed E-state index contributed by atoms with van der Waals surface area (Å²) in [5.41, 5.74) is -0.00991. The number of benzene rings is 1. The molecule has 1 spiro atoms. The van der Waals surface area contributed by atoms with E-state index in [0.29, 0.717) is 37.2 Å². The fraction of sp³-hybridized carbons (Fsp3) is 0.595. The van der Waals surface area contributed by atoms with Gasteiger partial charge in [0.2, 0.25) is 0 Å². The third kappa shape index (κ3) is 7.13. The standard InChI is InChI=1S/C37H46F2O8/c1-21-6-5-7-26-20-44-34-33(40)25(19-43-30-15-27(38)14-28(39)16-30)13-32(37(26,34)42)35(41)45-31-17-29(9-8-22(2)12-21)47-36(18-31)11-10-23(3)24(4)46-36/h5-8,13-16,21,23-24,29,31-34,40,42H,9-12,17-20H2,1-4H3/b6-5+,22-8+,26-7+/t21-,23-,24+,29?,31?,32?,33+,34?,36?,37+/m0/s1. The highest BCUT2D eigenvalue weighted by atomic mass is 19.1. The number of allylic oxidation sites excluding steroid dienone is 4. The zero-order valence-electron chi connectivity index (χ0n) is 27.5. The number of fused-ring (bicyclic) bond motifs is 2. The molecule has 0 saturated carbocycles. The fourth-order valence-corrected chi connectivity index (χ4v) is 7.67. The molecular formula is C37H46F2O8. The van der Waals surface area contributed by atoms with E-state index in [4.69, 9.17) is 23.7 Å². The molecule has 5 aliphatic rings. The van der Waals surface area contributed by atoms with E-state index in [-0.39, 0.29) is 42.7 Å². The van der Waals surface area contributed by atoms with Crippen LogP contribution in [0.15, 0.2) is 65.3 Å². The molecule has 0 amide bonds. The molecule has 4 heterocycles. The summed E-state index contributed by atoms with van der Waals surface area (Å²) in [4.78, 5) is 14.2. The molecular weight excluding hydrogens is 610 g/mol. The monoisotopic (exact) mass is 656 g/mol. The van der Waals surface area contributed by atoms with Crippen LogP contribution in [-0.2, 0) is 23.7 Å². The molecule has 1 aromatic carbocycles. The maximum absolute atomic E-state index is 14.2. The van der Waals surface area contributed by atoms with E-state index < -0.39 is 53.2 Å². The third-order valence-electron chi connectivity index (χ3n) is 10.4. The summed E-state index contributed by atoms with van der Waals surface area (Å²) in [7, 11) is 0. The van der Waals surface area contributed by atoms with Crippen LogP contribution < -0.4 is 4.74 Å². The Balaban J connectivity index is 1.35. The molecule has 2 N–H and O–H groups in total. The van der Waals surface area contributed by atoms with E-state index in [1.54, 1.807) is 6.08 Å². The van der Waals surface area contributed by atoms with Gasteiger partial charge in [-0.3, -0.25) is 4.79 Å². The zero-order chi connectivity index (χ0) is 33.5. The Morgan fingerprint density at radius 1 is 1.09 bits per heavy atom. The second-order valence-electron chi connectivity index (χ2n) is 14.1. The van der Waals surface area contributed by atoms with Gasteiger partial charge < -0.3 is 33.9 Å². The number of hydrogen-bond donors (Lipinski definition) is 2. The summed E-state index contributed by atoms with van der Waals surface area (Å²) in [6.45, 7) is 8.11. The number of rotatable bonds is 3. The summed E-state index contributed by atoms with van der Waals surface area (Å²) in [6.07, 6.45) is 9.81. The van der Waals surface area contributed by atoms with Crippen molar-refractivity contribution in [3.8, 4) is 5.75 Å². The largest absolute Gasteiger partial charge is 0.489 e. The van der Waals surface area contributed by atoms with Crippen LogP contribution in [0.3, 0.4) is 0 Å². The van der Waals surface area contributed by atoms with E-state index in [2.05, 4.69) is 26.8 Å². The lowest BCUT2D eigenvalue weighted by atomic mass is 9.70. The van der Waals surface area contributed by atoms with Crippen LogP contribution in [0, 0.1) is 29.4 Å². The molecule has 3 saturated heterocycles. The third-order valence-corrected chi connectivity index (χ3v) is 10.4. The Kier molecular flexibility index (Phi) is 9.80. The first kappa shape index (κ1) is 34.0. The van der Waals surface area contributed by atoms with Crippen molar-refractivity contribution in [3.05, 3.63) is 76.9 Å². The number of aliphatic hydroxyl groups is 2. The van der Waals surface area contributed by atoms with Crippen molar-refractivity contribution < 1.29 is 47.5 Å². The molecule has 47 heavy (non-hydrogen) atoms. The number of halogens is 2. The van der Waals surface area contributed by atoms with Gasteiger partial charge in [0.25, 0.3) is 0 Å².